The third-order valence-electron chi connectivity index (χ3n) is 3.10. The Labute approximate surface area is 151 Å². The SMILES string of the molecule is COc1ncc(F)c2nc(SSc3nc4c(F)cnc(OC)n4n3)nn12. The Kier molecular flexibility index (Phi) is 4.20. The van der Waals surface area contributed by atoms with E-state index in [1.165, 1.54) is 14.2 Å². The summed E-state index contributed by atoms with van der Waals surface area (Å²) >= 11 is 0. The Morgan fingerprint density at radius 3 is 1.62 bits per heavy atom. The lowest BCUT2D eigenvalue weighted by atomic mass is 10.6. The Morgan fingerprint density at radius 2 is 1.23 bits per heavy atom. The molecule has 0 saturated carbocycles. The lowest BCUT2D eigenvalue weighted by Crippen LogP contribution is -2.00. The van der Waals surface area contributed by atoms with Crippen molar-refractivity contribution in [2.24, 2.45) is 0 Å². The van der Waals surface area contributed by atoms with Gasteiger partial charge in [0.15, 0.2) is 22.9 Å². The zero-order valence-electron chi connectivity index (χ0n) is 13.1. The van der Waals surface area contributed by atoms with Crippen molar-refractivity contribution in [2.45, 2.75) is 10.3 Å². The molecular weight excluding hydrogens is 390 g/mol. The van der Waals surface area contributed by atoms with Crippen molar-refractivity contribution in [3.05, 3.63) is 24.0 Å². The van der Waals surface area contributed by atoms with Gasteiger partial charge in [-0.2, -0.15) is 19.0 Å². The lowest BCUT2D eigenvalue weighted by Gasteiger charge is -1.99. The van der Waals surface area contributed by atoms with Crippen LogP contribution in [-0.4, -0.2) is 53.4 Å². The fraction of sp³-hybridized carbons (Fsp3) is 0.167. The minimum atomic E-state index is -0.640. The van der Waals surface area contributed by atoms with Crippen LogP contribution in [-0.2, 0) is 0 Å². The van der Waals surface area contributed by atoms with Crippen LogP contribution >= 0.6 is 21.6 Å². The van der Waals surface area contributed by atoms with Crippen molar-refractivity contribution >= 4 is 32.9 Å². The van der Waals surface area contributed by atoms with Gasteiger partial charge in [-0.15, -0.1) is 10.2 Å². The van der Waals surface area contributed by atoms with Crippen LogP contribution in [0.25, 0.3) is 11.3 Å². The molecule has 0 atom stereocenters. The second-order valence-electron chi connectivity index (χ2n) is 4.61. The van der Waals surface area contributed by atoms with Crippen LogP contribution in [0.5, 0.6) is 12.0 Å². The molecular formula is C12H8F2N8O2S2. The smallest absolute Gasteiger partial charge is 0.319 e. The van der Waals surface area contributed by atoms with Crippen LogP contribution in [0, 0.1) is 11.6 Å². The van der Waals surface area contributed by atoms with Crippen LogP contribution < -0.4 is 9.47 Å². The van der Waals surface area contributed by atoms with Gasteiger partial charge >= 0.3 is 12.0 Å². The van der Waals surface area contributed by atoms with Gasteiger partial charge in [0, 0.05) is 0 Å². The van der Waals surface area contributed by atoms with E-state index in [2.05, 4.69) is 30.1 Å². The predicted octanol–water partition coefficient (Wildman–Crippen LogP) is 1.66. The molecule has 4 aromatic heterocycles. The highest BCUT2D eigenvalue weighted by Crippen LogP contribution is 2.34. The Balaban J connectivity index is 1.63. The molecule has 0 bridgehead atoms. The summed E-state index contributed by atoms with van der Waals surface area (Å²) in [6.45, 7) is 0. The molecule has 0 N–H and O–H groups in total. The first-order valence-corrected chi connectivity index (χ1v) is 9.00. The number of aromatic nitrogens is 8. The summed E-state index contributed by atoms with van der Waals surface area (Å²) < 4.78 is 39.9. The first kappa shape index (κ1) is 16.7. The molecule has 0 amide bonds. The van der Waals surface area contributed by atoms with Crippen molar-refractivity contribution in [3.63, 3.8) is 0 Å². The summed E-state index contributed by atoms with van der Waals surface area (Å²) in [4.78, 5) is 15.7. The van der Waals surface area contributed by atoms with E-state index in [-0.39, 0.29) is 33.6 Å². The van der Waals surface area contributed by atoms with Gasteiger partial charge in [0.2, 0.25) is 10.3 Å². The molecule has 0 aliphatic heterocycles. The molecule has 4 aromatic rings. The average molecular weight is 398 g/mol. The topological polar surface area (TPSA) is 105 Å². The number of hydrogen-bond donors (Lipinski definition) is 0. The van der Waals surface area contributed by atoms with Gasteiger partial charge in [-0.05, 0) is 21.6 Å². The third-order valence-corrected chi connectivity index (χ3v) is 4.97. The van der Waals surface area contributed by atoms with E-state index in [1.807, 2.05) is 0 Å². The summed E-state index contributed by atoms with van der Waals surface area (Å²) in [5.41, 5.74) is -0.0559. The molecule has 0 aliphatic carbocycles. The van der Waals surface area contributed by atoms with Gasteiger partial charge in [0.1, 0.15) is 0 Å². The summed E-state index contributed by atoms with van der Waals surface area (Å²) in [5, 5.41) is 8.68. The molecule has 0 fully saturated rings. The highest BCUT2D eigenvalue weighted by Gasteiger charge is 2.17. The van der Waals surface area contributed by atoms with Crippen molar-refractivity contribution < 1.29 is 18.3 Å². The molecule has 0 saturated heterocycles. The van der Waals surface area contributed by atoms with Gasteiger partial charge in [-0.1, -0.05) is 0 Å². The fourth-order valence-corrected chi connectivity index (χ4v) is 3.53. The summed E-state index contributed by atoms with van der Waals surface area (Å²) in [5.74, 6) is -1.28. The molecule has 0 spiro atoms. The average Bonchev–Trinajstić information content (AvgIpc) is 3.26. The minimum Gasteiger partial charge on any atom is -0.467 e. The molecule has 0 unspecified atom stereocenters. The van der Waals surface area contributed by atoms with Crippen molar-refractivity contribution in [2.75, 3.05) is 14.2 Å². The standard InChI is InChI=1S/C12H8F2N8O2S2/c1-23-11-15-3-5(13)7-17-9(19-21(7)11)25-26-10-18-8-6(14)4-16-12(24-2)22(8)20-10/h3-4H,1-2H3. The van der Waals surface area contributed by atoms with Crippen LogP contribution in [0.2, 0.25) is 0 Å². The third kappa shape index (κ3) is 2.76. The number of halogens is 2. The maximum Gasteiger partial charge on any atom is 0.319 e. The number of ether oxygens (including phenoxy) is 2. The van der Waals surface area contributed by atoms with E-state index in [1.54, 1.807) is 0 Å². The lowest BCUT2D eigenvalue weighted by molar-refractivity contribution is 0.363. The van der Waals surface area contributed by atoms with Gasteiger partial charge in [-0.25, -0.2) is 18.7 Å². The molecule has 0 radical (unpaired) electrons. The van der Waals surface area contributed by atoms with Crippen LogP contribution in [0.4, 0.5) is 8.78 Å². The minimum absolute atomic E-state index is 0.0279. The number of rotatable bonds is 5. The molecule has 0 aromatic carbocycles. The van der Waals surface area contributed by atoms with Crippen LogP contribution in [0.3, 0.4) is 0 Å². The normalized spacial score (nSPS) is 11.4. The Hall–Kier alpha value is -2.74. The van der Waals surface area contributed by atoms with E-state index < -0.39 is 11.6 Å². The first-order chi connectivity index (χ1) is 12.6. The molecule has 4 rings (SSSR count). The zero-order chi connectivity index (χ0) is 18.3. The van der Waals surface area contributed by atoms with E-state index in [9.17, 15) is 8.78 Å². The van der Waals surface area contributed by atoms with Gasteiger partial charge in [-0.3, -0.25) is 0 Å². The van der Waals surface area contributed by atoms with Gasteiger partial charge < -0.3 is 9.47 Å². The van der Waals surface area contributed by atoms with E-state index in [0.717, 1.165) is 43.0 Å². The van der Waals surface area contributed by atoms with Gasteiger partial charge in [0.25, 0.3) is 0 Å². The predicted molar refractivity (Wildman–Crippen MR) is 86.3 cm³/mol. The Bertz CT molecular complexity index is 1030. The van der Waals surface area contributed by atoms with Crippen LogP contribution in [0.15, 0.2) is 22.7 Å². The van der Waals surface area contributed by atoms with E-state index >= 15 is 0 Å². The number of hydrogen-bond acceptors (Lipinski definition) is 10. The van der Waals surface area contributed by atoms with Crippen molar-refractivity contribution in [1.82, 2.24) is 39.2 Å². The molecule has 4 heterocycles. The van der Waals surface area contributed by atoms with Crippen LogP contribution in [0.1, 0.15) is 0 Å². The molecule has 134 valence electrons. The fourth-order valence-electron chi connectivity index (χ4n) is 2.03. The monoisotopic (exact) mass is 398 g/mol. The summed E-state index contributed by atoms with van der Waals surface area (Å²) in [6.07, 6.45) is 1.99. The van der Waals surface area contributed by atoms with Gasteiger partial charge in [0.05, 0.1) is 26.6 Å². The number of nitrogens with zero attached hydrogens (tertiary/aromatic N) is 8. The molecule has 14 heteroatoms. The maximum absolute atomic E-state index is 13.8. The highest BCUT2D eigenvalue weighted by atomic mass is 33.1. The number of methoxy groups -OCH3 is 2. The second-order valence-corrected chi connectivity index (χ2v) is 6.68. The maximum atomic E-state index is 13.8. The summed E-state index contributed by atoms with van der Waals surface area (Å²) in [7, 11) is 4.90. The zero-order valence-corrected chi connectivity index (χ0v) is 14.8. The highest BCUT2D eigenvalue weighted by molar-refractivity contribution is 8.76. The van der Waals surface area contributed by atoms with E-state index in [4.69, 9.17) is 9.47 Å². The molecule has 10 nitrogen and oxygen atoms in total. The molecule has 26 heavy (non-hydrogen) atoms. The van der Waals surface area contributed by atoms with Crippen molar-refractivity contribution in [1.29, 1.82) is 0 Å². The van der Waals surface area contributed by atoms with E-state index in [0.29, 0.717) is 0 Å². The first-order valence-electron chi connectivity index (χ1n) is 6.85. The summed E-state index contributed by atoms with van der Waals surface area (Å²) in [6, 6.07) is 0.184. The quantitative estimate of drug-likeness (QED) is 0.461. The number of fused-ring (bicyclic) bond motifs is 2. The largest absolute Gasteiger partial charge is 0.467 e. The Morgan fingerprint density at radius 1 is 0.808 bits per heavy atom. The molecule has 0 aliphatic rings. The van der Waals surface area contributed by atoms with Crippen molar-refractivity contribution in [3.8, 4) is 12.0 Å². The second kappa shape index (κ2) is 6.53.